The van der Waals surface area contributed by atoms with Gasteiger partial charge in [-0.1, -0.05) is 37.5 Å². The number of likely N-dealkylation sites (tertiary alicyclic amines) is 1. The number of benzene rings is 2. The molecule has 3 aromatic rings. The standard InChI is InChI=1S/C26H27NO3S/c28-25-20(12-13-27(25)22-4-2-1-3-5-22)15-23-16-21-14-19(10-11-24(21)31-23)17-6-8-18(9-7-17)26(29)30/h6-11,14,16,20,22H,1-5,12-13,15H2,(H,29,30). The van der Waals surface area contributed by atoms with Crippen molar-refractivity contribution in [3.05, 3.63) is 59.0 Å². The lowest BCUT2D eigenvalue weighted by Crippen LogP contribution is -2.39. The Morgan fingerprint density at radius 1 is 0.968 bits per heavy atom. The van der Waals surface area contributed by atoms with Crippen LogP contribution in [0.3, 0.4) is 0 Å². The minimum absolute atomic E-state index is 0.123. The van der Waals surface area contributed by atoms with E-state index in [1.54, 1.807) is 23.5 Å². The monoisotopic (exact) mass is 433 g/mol. The van der Waals surface area contributed by atoms with Crippen LogP contribution in [0.5, 0.6) is 0 Å². The van der Waals surface area contributed by atoms with E-state index in [1.165, 1.54) is 47.1 Å². The zero-order valence-electron chi connectivity index (χ0n) is 17.5. The normalized spacial score (nSPS) is 19.9. The summed E-state index contributed by atoms with van der Waals surface area (Å²) < 4.78 is 1.23. The summed E-state index contributed by atoms with van der Waals surface area (Å²) in [6.45, 7) is 0.926. The molecule has 31 heavy (non-hydrogen) atoms. The van der Waals surface area contributed by atoms with Crippen LogP contribution in [0.4, 0.5) is 0 Å². The number of aromatic carboxylic acids is 1. The molecule has 160 valence electrons. The minimum atomic E-state index is -0.909. The Labute approximate surface area is 186 Å². The molecule has 1 unspecified atom stereocenters. The first-order chi connectivity index (χ1) is 15.1. The molecule has 1 amide bonds. The highest BCUT2D eigenvalue weighted by Crippen LogP contribution is 2.35. The van der Waals surface area contributed by atoms with Crippen molar-refractivity contribution in [2.75, 3.05) is 6.54 Å². The summed E-state index contributed by atoms with van der Waals surface area (Å²) in [5, 5.41) is 10.3. The van der Waals surface area contributed by atoms with Gasteiger partial charge in [0.1, 0.15) is 0 Å². The number of nitrogens with zero attached hydrogens (tertiary/aromatic N) is 1. The molecular weight excluding hydrogens is 406 g/mol. The fourth-order valence-electron chi connectivity index (χ4n) is 5.13. The van der Waals surface area contributed by atoms with E-state index in [1.807, 2.05) is 12.1 Å². The number of thiophene rings is 1. The Bertz CT molecular complexity index is 1110. The van der Waals surface area contributed by atoms with Crippen LogP contribution >= 0.6 is 11.3 Å². The molecule has 5 rings (SSSR count). The van der Waals surface area contributed by atoms with Gasteiger partial charge in [-0.05, 0) is 72.5 Å². The van der Waals surface area contributed by atoms with Crippen molar-refractivity contribution >= 4 is 33.3 Å². The highest BCUT2D eigenvalue weighted by Gasteiger charge is 2.36. The molecule has 2 fully saturated rings. The molecule has 1 N–H and O–H groups in total. The van der Waals surface area contributed by atoms with Crippen molar-refractivity contribution in [1.29, 1.82) is 0 Å². The van der Waals surface area contributed by atoms with Gasteiger partial charge in [0.05, 0.1) is 5.56 Å². The smallest absolute Gasteiger partial charge is 0.335 e. The summed E-state index contributed by atoms with van der Waals surface area (Å²) in [6, 6.07) is 16.1. The van der Waals surface area contributed by atoms with E-state index in [4.69, 9.17) is 5.11 Å². The average Bonchev–Trinajstić information content (AvgIpc) is 3.37. The maximum atomic E-state index is 13.0. The van der Waals surface area contributed by atoms with Crippen molar-refractivity contribution in [2.24, 2.45) is 5.92 Å². The second-order valence-corrected chi connectivity index (χ2v) is 10.0. The molecular formula is C26H27NO3S. The van der Waals surface area contributed by atoms with Gasteiger partial charge in [-0.2, -0.15) is 0 Å². The third-order valence-corrected chi connectivity index (χ3v) is 7.98. The summed E-state index contributed by atoms with van der Waals surface area (Å²) in [5.74, 6) is -0.422. The van der Waals surface area contributed by atoms with E-state index in [2.05, 4.69) is 29.2 Å². The Kier molecular flexibility index (Phi) is 5.53. The predicted octanol–water partition coefficient (Wildman–Crippen LogP) is 5.99. The van der Waals surface area contributed by atoms with E-state index in [-0.39, 0.29) is 5.92 Å². The molecule has 1 aliphatic heterocycles. The molecule has 1 saturated carbocycles. The van der Waals surface area contributed by atoms with E-state index in [0.29, 0.717) is 17.5 Å². The first-order valence-electron chi connectivity index (χ1n) is 11.3. The Morgan fingerprint density at radius 3 is 2.45 bits per heavy atom. The van der Waals surface area contributed by atoms with Crippen molar-refractivity contribution in [3.63, 3.8) is 0 Å². The van der Waals surface area contributed by atoms with Crippen molar-refractivity contribution in [3.8, 4) is 11.1 Å². The molecule has 2 aromatic carbocycles. The number of fused-ring (bicyclic) bond motifs is 1. The SMILES string of the molecule is O=C(O)c1ccc(-c2ccc3sc(CC4CCN(C5CCCCC5)C4=O)cc3c2)cc1. The lowest BCUT2D eigenvalue weighted by molar-refractivity contribution is -0.133. The van der Waals surface area contributed by atoms with Gasteiger partial charge in [0.2, 0.25) is 5.91 Å². The molecule has 0 radical (unpaired) electrons. The number of hydrogen-bond donors (Lipinski definition) is 1. The molecule has 1 saturated heterocycles. The zero-order chi connectivity index (χ0) is 21.4. The van der Waals surface area contributed by atoms with E-state index < -0.39 is 5.97 Å². The first kappa shape index (κ1) is 20.3. The molecule has 1 atom stereocenters. The van der Waals surface area contributed by atoms with Gasteiger partial charge in [0, 0.05) is 28.1 Å². The van der Waals surface area contributed by atoms with Crippen LogP contribution in [-0.2, 0) is 11.2 Å². The van der Waals surface area contributed by atoms with Crippen LogP contribution in [0.15, 0.2) is 48.5 Å². The number of rotatable bonds is 5. The van der Waals surface area contributed by atoms with Gasteiger partial charge in [0.25, 0.3) is 0 Å². The van der Waals surface area contributed by atoms with Crippen LogP contribution in [-0.4, -0.2) is 34.5 Å². The highest BCUT2D eigenvalue weighted by atomic mass is 32.1. The van der Waals surface area contributed by atoms with Crippen LogP contribution in [0.25, 0.3) is 21.2 Å². The quantitative estimate of drug-likeness (QED) is 0.538. The first-order valence-corrected chi connectivity index (χ1v) is 12.1. The summed E-state index contributed by atoms with van der Waals surface area (Å²) in [7, 11) is 0. The summed E-state index contributed by atoms with van der Waals surface area (Å²) >= 11 is 1.78. The number of amides is 1. The summed E-state index contributed by atoms with van der Waals surface area (Å²) in [6.07, 6.45) is 8.01. The molecule has 2 aliphatic rings. The molecule has 0 spiro atoms. The Morgan fingerprint density at radius 2 is 1.71 bits per heavy atom. The number of carbonyl (C=O) groups excluding carboxylic acids is 1. The third kappa shape index (κ3) is 4.11. The van der Waals surface area contributed by atoms with Gasteiger partial charge in [0.15, 0.2) is 0 Å². The van der Waals surface area contributed by atoms with Gasteiger partial charge < -0.3 is 10.0 Å². The highest BCUT2D eigenvalue weighted by molar-refractivity contribution is 7.19. The van der Waals surface area contributed by atoms with Gasteiger partial charge in [-0.15, -0.1) is 11.3 Å². The van der Waals surface area contributed by atoms with Crippen LogP contribution in [0, 0.1) is 5.92 Å². The molecule has 1 aliphatic carbocycles. The maximum absolute atomic E-state index is 13.0. The van der Waals surface area contributed by atoms with E-state index in [0.717, 1.165) is 30.5 Å². The zero-order valence-corrected chi connectivity index (χ0v) is 18.4. The van der Waals surface area contributed by atoms with Crippen LogP contribution in [0.2, 0.25) is 0 Å². The number of hydrogen-bond acceptors (Lipinski definition) is 3. The summed E-state index contributed by atoms with van der Waals surface area (Å²) in [5.41, 5.74) is 2.38. The number of carbonyl (C=O) groups is 2. The van der Waals surface area contributed by atoms with Gasteiger partial charge >= 0.3 is 5.97 Å². The minimum Gasteiger partial charge on any atom is -0.478 e. The number of carboxylic acid groups (broad SMARTS) is 1. The van der Waals surface area contributed by atoms with Gasteiger partial charge in [-0.25, -0.2) is 4.79 Å². The fraction of sp³-hybridized carbons (Fsp3) is 0.385. The van der Waals surface area contributed by atoms with Crippen molar-refractivity contribution in [2.45, 2.75) is 51.0 Å². The Balaban J connectivity index is 1.31. The topological polar surface area (TPSA) is 57.6 Å². The Hall–Kier alpha value is -2.66. The lowest BCUT2D eigenvalue weighted by Gasteiger charge is -2.31. The molecule has 4 nitrogen and oxygen atoms in total. The third-order valence-electron chi connectivity index (χ3n) is 6.85. The average molecular weight is 434 g/mol. The van der Waals surface area contributed by atoms with E-state index >= 15 is 0 Å². The number of carboxylic acids is 1. The molecule has 1 aromatic heterocycles. The molecule has 2 heterocycles. The maximum Gasteiger partial charge on any atom is 0.335 e. The second kappa shape index (κ2) is 8.46. The molecule has 0 bridgehead atoms. The van der Waals surface area contributed by atoms with Crippen molar-refractivity contribution < 1.29 is 14.7 Å². The second-order valence-electron chi connectivity index (χ2n) is 8.86. The predicted molar refractivity (Wildman–Crippen MR) is 125 cm³/mol. The summed E-state index contributed by atoms with van der Waals surface area (Å²) in [4.78, 5) is 27.6. The van der Waals surface area contributed by atoms with Crippen molar-refractivity contribution in [1.82, 2.24) is 4.90 Å². The van der Waals surface area contributed by atoms with Gasteiger partial charge in [-0.3, -0.25) is 4.79 Å². The molecule has 5 heteroatoms. The lowest BCUT2D eigenvalue weighted by atomic mass is 9.94. The van der Waals surface area contributed by atoms with Crippen LogP contribution < -0.4 is 0 Å². The fourth-order valence-corrected chi connectivity index (χ4v) is 6.26. The largest absolute Gasteiger partial charge is 0.478 e. The van der Waals surface area contributed by atoms with Crippen LogP contribution in [0.1, 0.15) is 53.8 Å². The van der Waals surface area contributed by atoms with E-state index in [9.17, 15) is 9.59 Å².